The molecule has 0 aliphatic rings. The van der Waals surface area contributed by atoms with Gasteiger partial charge in [0, 0.05) is 19.8 Å². The smallest absolute Gasteiger partial charge is 0.152 e. The fraction of sp³-hybridized carbons (Fsp3) is 0.625. The fourth-order valence-electron chi connectivity index (χ4n) is 2.81. The molecule has 0 heterocycles. The van der Waals surface area contributed by atoms with E-state index in [-0.39, 0.29) is 17.5 Å². The third kappa shape index (κ3) is 5.41. The van der Waals surface area contributed by atoms with Crippen molar-refractivity contribution in [2.75, 3.05) is 32.3 Å². The first-order chi connectivity index (χ1) is 9.80. The standard InChI is InChI=1S/C16H27NO3S/c1-12-9-13(2)16(14(3)10-12)15(17-4)11-21(18,19)8-6-7-20-5/h9-10,15,17H,6-8,11H2,1-5H3. The molecule has 1 aromatic carbocycles. The predicted octanol–water partition coefficient (Wildman–Crippen LogP) is 2.32. The lowest BCUT2D eigenvalue weighted by Gasteiger charge is -2.22. The van der Waals surface area contributed by atoms with E-state index in [9.17, 15) is 8.42 Å². The molecule has 1 rings (SSSR count). The van der Waals surface area contributed by atoms with Crippen LogP contribution < -0.4 is 5.32 Å². The summed E-state index contributed by atoms with van der Waals surface area (Å²) in [5.74, 6) is 0.293. The van der Waals surface area contributed by atoms with Crippen LogP contribution in [0.5, 0.6) is 0 Å². The molecular formula is C16H27NO3S. The number of hydrogen-bond acceptors (Lipinski definition) is 4. The third-order valence-corrected chi connectivity index (χ3v) is 5.41. The van der Waals surface area contributed by atoms with Gasteiger partial charge in [-0.05, 0) is 50.9 Å². The molecule has 21 heavy (non-hydrogen) atoms. The van der Waals surface area contributed by atoms with E-state index in [1.54, 1.807) is 7.11 Å². The van der Waals surface area contributed by atoms with E-state index < -0.39 is 9.84 Å². The predicted molar refractivity (Wildman–Crippen MR) is 87.6 cm³/mol. The van der Waals surface area contributed by atoms with Gasteiger partial charge < -0.3 is 10.1 Å². The van der Waals surface area contributed by atoms with Gasteiger partial charge in [-0.1, -0.05) is 17.7 Å². The number of hydrogen-bond donors (Lipinski definition) is 1. The van der Waals surface area contributed by atoms with Crippen LogP contribution in [0.4, 0.5) is 0 Å². The Morgan fingerprint density at radius 2 is 1.76 bits per heavy atom. The molecule has 0 aliphatic carbocycles. The van der Waals surface area contributed by atoms with E-state index in [0.29, 0.717) is 13.0 Å². The SMILES string of the molecule is CNC(CS(=O)(=O)CCCOC)c1c(C)cc(C)cc1C. The van der Waals surface area contributed by atoms with Crippen molar-refractivity contribution in [2.24, 2.45) is 0 Å². The zero-order valence-corrected chi connectivity index (χ0v) is 14.5. The molecule has 0 bridgehead atoms. The second-order valence-electron chi connectivity index (χ2n) is 5.61. The maximum Gasteiger partial charge on any atom is 0.152 e. The molecule has 120 valence electrons. The molecule has 4 nitrogen and oxygen atoms in total. The highest BCUT2D eigenvalue weighted by molar-refractivity contribution is 7.91. The summed E-state index contributed by atoms with van der Waals surface area (Å²) in [5, 5.41) is 3.16. The number of rotatable bonds is 8. The number of nitrogens with one attached hydrogen (secondary N) is 1. The van der Waals surface area contributed by atoms with Crippen LogP contribution in [0.25, 0.3) is 0 Å². The second-order valence-corrected chi connectivity index (χ2v) is 7.84. The van der Waals surface area contributed by atoms with Gasteiger partial charge in [0.1, 0.15) is 0 Å². The highest BCUT2D eigenvalue weighted by Gasteiger charge is 2.22. The Hall–Kier alpha value is -0.910. The molecule has 0 aliphatic heterocycles. The monoisotopic (exact) mass is 313 g/mol. The maximum atomic E-state index is 12.2. The molecule has 0 saturated heterocycles. The summed E-state index contributed by atoms with van der Waals surface area (Å²) in [5.41, 5.74) is 4.57. The lowest BCUT2D eigenvalue weighted by molar-refractivity contribution is 0.199. The number of sulfone groups is 1. The summed E-state index contributed by atoms with van der Waals surface area (Å²) in [6, 6.07) is 4.03. The Morgan fingerprint density at radius 3 is 2.24 bits per heavy atom. The van der Waals surface area contributed by atoms with Crippen molar-refractivity contribution in [1.29, 1.82) is 0 Å². The Labute approximate surface area is 128 Å². The van der Waals surface area contributed by atoms with Gasteiger partial charge in [0.25, 0.3) is 0 Å². The number of benzene rings is 1. The quantitative estimate of drug-likeness (QED) is 0.748. The summed E-state index contributed by atoms with van der Waals surface area (Å²) < 4.78 is 29.4. The lowest BCUT2D eigenvalue weighted by atomic mass is 9.95. The largest absolute Gasteiger partial charge is 0.385 e. The van der Waals surface area contributed by atoms with Crippen LogP contribution >= 0.6 is 0 Å². The number of methoxy groups -OCH3 is 1. The van der Waals surface area contributed by atoms with Crippen LogP contribution in [0.15, 0.2) is 12.1 Å². The van der Waals surface area contributed by atoms with Crippen molar-refractivity contribution in [1.82, 2.24) is 5.32 Å². The minimum atomic E-state index is -3.10. The minimum Gasteiger partial charge on any atom is -0.385 e. The van der Waals surface area contributed by atoms with Gasteiger partial charge in [-0.25, -0.2) is 8.42 Å². The molecule has 1 unspecified atom stereocenters. The molecule has 0 saturated carbocycles. The second kappa shape index (κ2) is 7.92. The van der Waals surface area contributed by atoms with Crippen LogP contribution in [0.3, 0.4) is 0 Å². The molecule has 5 heteroatoms. The lowest BCUT2D eigenvalue weighted by Crippen LogP contribution is -2.28. The van der Waals surface area contributed by atoms with E-state index in [0.717, 1.165) is 16.7 Å². The average molecular weight is 313 g/mol. The van der Waals surface area contributed by atoms with E-state index >= 15 is 0 Å². The highest BCUT2D eigenvalue weighted by atomic mass is 32.2. The molecule has 0 radical (unpaired) electrons. The fourth-order valence-corrected chi connectivity index (χ4v) is 4.38. The van der Waals surface area contributed by atoms with Gasteiger partial charge in [-0.2, -0.15) is 0 Å². The van der Waals surface area contributed by atoms with Crippen LogP contribution in [0.2, 0.25) is 0 Å². The van der Waals surface area contributed by atoms with Crippen LogP contribution in [0, 0.1) is 20.8 Å². The highest BCUT2D eigenvalue weighted by Crippen LogP contribution is 2.25. The maximum absolute atomic E-state index is 12.2. The van der Waals surface area contributed by atoms with Gasteiger partial charge in [0.15, 0.2) is 9.84 Å². The van der Waals surface area contributed by atoms with Gasteiger partial charge >= 0.3 is 0 Å². The topological polar surface area (TPSA) is 55.4 Å². The first-order valence-electron chi connectivity index (χ1n) is 7.25. The molecule has 1 atom stereocenters. The van der Waals surface area contributed by atoms with Crippen molar-refractivity contribution in [3.8, 4) is 0 Å². The van der Waals surface area contributed by atoms with Gasteiger partial charge in [0.05, 0.1) is 11.5 Å². The Kier molecular flexibility index (Phi) is 6.84. The van der Waals surface area contributed by atoms with Gasteiger partial charge in [0.2, 0.25) is 0 Å². The molecule has 1 N–H and O–H groups in total. The van der Waals surface area contributed by atoms with Gasteiger partial charge in [-0.3, -0.25) is 0 Å². The van der Waals surface area contributed by atoms with Gasteiger partial charge in [-0.15, -0.1) is 0 Å². The molecule has 1 aromatic rings. The van der Waals surface area contributed by atoms with Crippen LogP contribution in [-0.2, 0) is 14.6 Å². The summed E-state index contributed by atoms with van der Waals surface area (Å²) in [7, 11) is 0.299. The summed E-state index contributed by atoms with van der Waals surface area (Å²) in [6.07, 6.45) is 0.543. The molecule has 0 fully saturated rings. The van der Waals surface area contributed by atoms with Crippen molar-refractivity contribution >= 4 is 9.84 Å². The third-order valence-electron chi connectivity index (χ3n) is 3.66. The first kappa shape index (κ1) is 18.1. The van der Waals surface area contributed by atoms with E-state index in [2.05, 4.69) is 24.4 Å². The minimum absolute atomic E-state index is 0.123. The summed E-state index contributed by atoms with van der Waals surface area (Å²) in [4.78, 5) is 0. The van der Waals surface area contributed by atoms with E-state index in [1.807, 2.05) is 20.9 Å². The Balaban J connectivity index is 2.94. The molecular weight excluding hydrogens is 286 g/mol. The average Bonchev–Trinajstić information content (AvgIpc) is 2.36. The van der Waals surface area contributed by atoms with Crippen LogP contribution in [-0.4, -0.2) is 40.7 Å². The first-order valence-corrected chi connectivity index (χ1v) is 9.07. The molecule has 0 aromatic heterocycles. The summed E-state index contributed by atoms with van der Waals surface area (Å²) in [6.45, 7) is 6.61. The van der Waals surface area contributed by atoms with E-state index in [4.69, 9.17) is 4.74 Å². The van der Waals surface area contributed by atoms with Crippen molar-refractivity contribution < 1.29 is 13.2 Å². The van der Waals surface area contributed by atoms with Crippen molar-refractivity contribution in [2.45, 2.75) is 33.2 Å². The summed E-state index contributed by atoms with van der Waals surface area (Å²) >= 11 is 0. The van der Waals surface area contributed by atoms with Crippen LogP contribution in [0.1, 0.15) is 34.7 Å². The zero-order chi connectivity index (χ0) is 16.0. The van der Waals surface area contributed by atoms with Crippen molar-refractivity contribution in [3.63, 3.8) is 0 Å². The van der Waals surface area contributed by atoms with E-state index in [1.165, 1.54) is 5.56 Å². The normalized spacial score (nSPS) is 13.4. The van der Waals surface area contributed by atoms with Crippen molar-refractivity contribution in [3.05, 3.63) is 34.4 Å². The number of aryl methyl sites for hydroxylation is 3. The molecule has 0 amide bonds. The zero-order valence-electron chi connectivity index (χ0n) is 13.7. The Morgan fingerprint density at radius 1 is 1.19 bits per heavy atom. The number of ether oxygens (including phenoxy) is 1. The molecule has 0 spiro atoms. The Bertz CT molecular complexity index is 544.